The number of carboxylic acid groups (broad SMARTS) is 1. The summed E-state index contributed by atoms with van der Waals surface area (Å²) >= 11 is 2.80. The van der Waals surface area contributed by atoms with E-state index in [4.69, 9.17) is 5.11 Å². The van der Waals surface area contributed by atoms with Crippen molar-refractivity contribution < 1.29 is 19.8 Å². The summed E-state index contributed by atoms with van der Waals surface area (Å²) in [5.41, 5.74) is 0. The molecule has 9 nitrogen and oxygen atoms in total. The second-order valence-electron chi connectivity index (χ2n) is 5.52. The number of carbonyl (C=O) groups excluding carboxylic acids is 1. The smallest absolute Gasteiger partial charge is 0.327 e. The highest BCUT2D eigenvalue weighted by Gasteiger charge is 2.61. The number of β-lactam (4-membered cyclic amide) rings is 1. The normalized spacial score (nSPS) is 34.8. The van der Waals surface area contributed by atoms with Gasteiger partial charge in [0.1, 0.15) is 6.04 Å². The Morgan fingerprint density at radius 1 is 1.50 bits per heavy atom. The van der Waals surface area contributed by atoms with Crippen molar-refractivity contribution in [3.63, 3.8) is 0 Å². The lowest BCUT2D eigenvalue weighted by Gasteiger charge is -2.37. The van der Waals surface area contributed by atoms with E-state index < -0.39 is 21.8 Å². The van der Waals surface area contributed by atoms with Crippen molar-refractivity contribution in [2.24, 2.45) is 20.7 Å². The van der Waals surface area contributed by atoms with Crippen molar-refractivity contribution in [3.8, 4) is 0 Å². The molecule has 2 fully saturated rings. The van der Waals surface area contributed by atoms with Crippen LogP contribution in [-0.4, -0.2) is 60.5 Å². The summed E-state index contributed by atoms with van der Waals surface area (Å²) in [6.45, 7) is 1.72. The summed E-state index contributed by atoms with van der Waals surface area (Å²) in [6.07, 6.45) is 0.644. The third-order valence-corrected chi connectivity index (χ3v) is 7.24. The number of carbonyl (C=O) groups is 2. The lowest BCUT2D eigenvalue weighted by molar-refractivity contribution is -0.157. The predicted molar refractivity (Wildman–Crippen MR) is 79.3 cm³/mol. The number of carboxylic acids is 1. The molecule has 0 bridgehead atoms. The maximum Gasteiger partial charge on any atom is 0.327 e. The molecule has 11 heteroatoms. The number of hydrogen-bond acceptors (Lipinski definition) is 9. The molecule has 0 aromatic carbocycles. The summed E-state index contributed by atoms with van der Waals surface area (Å²) in [5, 5.41) is 33.5. The van der Waals surface area contributed by atoms with Crippen molar-refractivity contribution >= 4 is 35.4 Å². The highest BCUT2D eigenvalue weighted by atomic mass is 32.2. The van der Waals surface area contributed by atoms with Crippen molar-refractivity contribution in [1.29, 1.82) is 0 Å². The van der Waals surface area contributed by atoms with E-state index in [-0.39, 0.29) is 24.3 Å². The van der Waals surface area contributed by atoms with E-state index in [1.54, 1.807) is 0 Å². The predicted octanol–water partition coefficient (Wildman–Crippen LogP) is 1.11. The van der Waals surface area contributed by atoms with Gasteiger partial charge >= 0.3 is 5.97 Å². The molecule has 2 N–H and O–H groups in total. The van der Waals surface area contributed by atoms with Crippen LogP contribution in [0, 0.1) is 0 Å². The Hall–Kier alpha value is -1.20. The maximum absolute atomic E-state index is 11.7. The van der Waals surface area contributed by atoms with Crippen molar-refractivity contribution in [1.82, 2.24) is 4.90 Å². The Labute approximate surface area is 134 Å². The first-order valence-electron chi connectivity index (χ1n) is 6.71. The van der Waals surface area contributed by atoms with Gasteiger partial charge in [-0.05, 0) is 17.4 Å². The minimum absolute atomic E-state index is 0.0696. The highest BCUT2D eigenvalue weighted by molar-refractivity contribution is 8.05. The first-order chi connectivity index (χ1) is 10.4. The fourth-order valence-electron chi connectivity index (χ4n) is 2.81. The van der Waals surface area contributed by atoms with Gasteiger partial charge in [-0.2, -0.15) is 0 Å². The van der Waals surface area contributed by atoms with Gasteiger partial charge in [0, 0.05) is 18.8 Å². The zero-order valence-electron chi connectivity index (χ0n) is 11.7. The molecule has 22 heavy (non-hydrogen) atoms. The Balaban J connectivity index is 1.75. The van der Waals surface area contributed by atoms with E-state index in [0.717, 1.165) is 0 Å². The SMILES string of the molecule is CC1(CSC2(CCO)N=NN=N2)SC2CC(=O)N2C1C(=O)O. The lowest BCUT2D eigenvalue weighted by Crippen LogP contribution is -2.57. The van der Waals surface area contributed by atoms with Gasteiger partial charge in [0.25, 0.3) is 0 Å². The zero-order chi connectivity index (χ0) is 16.0. The van der Waals surface area contributed by atoms with Crippen LogP contribution in [0.2, 0.25) is 0 Å². The fraction of sp³-hybridized carbons (Fsp3) is 0.818. The molecule has 0 spiro atoms. The largest absolute Gasteiger partial charge is 0.480 e. The molecule has 3 aliphatic rings. The number of thioether (sulfide) groups is 2. The van der Waals surface area contributed by atoms with Gasteiger partial charge in [0.05, 0.1) is 16.5 Å². The molecule has 2 saturated heterocycles. The Kier molecular flexibility index (Phi) is 3.89. The maximum atomic E-state index is 11.7. The van der Waals surface area contributed by atoms with Crippen molar-refractivity contribution in [2.75, 3.05) is 12.4 Å². The van der Waals surface area contributed by atoms with Gasteiger partial charge in [-0.1, -0.05) is 0 Å². The molecule has 0 aliphatic carbocycles. The third-order valence-electron chi connectivity index (χ3n) is 3.91. The number of aliphatic hydroxyl groups excluding tert-OH is 1. The molecule has 3 unspecified atom stereocenters. The van der Waals surface area contributed by atoms with Gasteiger partial charge < -0.3 is 15.1 Å². The Morgan fingerprint density at radius 2 is 2.18 bits per heavy atom. The number of hydrogen-bond donors (Lipinski definition) is 2. The van der Waals surface area contributed by atoms with Crippen LogP contribution in [0.15, 0.2) is 20.7 Å². The number of nitrogens with zero attached hydrogens (tertiary/aromatic N) is 5. The zero-order valence-corrected chi connectivity index (χ0v) is 13.4. The lowest BCUT2D eigenvalue weighted by atomic mass is 9.98. The van der Waals surface area contributed by atoms with Crippen LogP contribution >= 0.6 is 23.5 Å². The number of aliphatic hydroxyl groups is 1. The molecule has 3 rings (SSSR count). The fourth-order valence-corrected chi connectivity index (χ4v) is 5.90. The molecule has 0 saturated carbocycles. The van der Waals surface area contributed by atoms with Gasteiger partial charge in [0.15, 0.2) is 0 Å². The summed E-state index contributed by atoms with van der Waals surface area (Å²) in [6, 6.07) is -0.863. The molecule has 0 radical (unpaired) electrons. The molecule has 0 aromatic rings. The molecule has 1 amide bonds. The third kappa shape index (κ3) is 2.40. The number of fused-ring (bicyclic) bond motifs is 1. The highest BCUT2D eigenvalue weighted by Crippen LogP contribution is 2.53. The molecule has 3 heterocycles. The van der Waals surface area contributed by atoms with E-state index in [1.807, 2.05) is 6.92 Å². The van der Waals surface area contributed by atoms with Crippen LogP contribution in [0.3, 0.4) is 0 Å². The average Bonchev–Trinajstić information content (AvgIpc) is 2.99. The van der Waals surface area contributed by atoms with Crippen LogP contribution in [0.25, 0.3) is 0 Å². The standard InChI is InChI=1S/C11H15N5O4S2/c1-10(5-21-11(2-3-17)12-14-15-13-11)8(9(19)20)16-6(18)4-7(16)22-10/h7-8,17H,2-5H2,1H3,(H,19,20). The molecular weight excluding hydrogens is 330 g/mol. The Bertz CT molecular complexity index is 559. The summed E-state index contributed by atoms with van der Waals surface area (Å²) in [5.74, 6) is -0.714. The monoisotopic (exact) mass is 345 g/mol. The average molecular weight is 345 g/mol. The first kappa shape index (κ1) is 15.7. The van der Waals surface area contributed by atoms with E-state index in [2.05, 4.69) is 20.7 Å². The minimum atomic E-state index is -1.00. The summed E-state index contributed by atoms with van der Waals surface area (Å²) in [4.78, 5) is 23.8. The van der Waals surface area contributed by atoms with Crippen molar-refractivity contribution in [3.05, 3.63) is 0 Å². The quantitative estimate of drug-likeness (QED) is 0.694. The first-order valence-corrected chi connectivity index (χ1v) is 8.58. The Morgan fingerprint density at radius 3 is 2.73 bits per heavy atom. The van der Waals surface area contributed by atoms with E-state index in [0.29, 0.717) is 12.2 Å². The molecule has 0 aromatic heterocycles. The van der Waals surface area contributed by atoms with Gasteiger partial charge in [-0.15, -0.1) is 33.8 Å². The summed E-state index contributed by atoms with van der Waals surface area (Å²) < 4.78 is -0.649. The van der Waals surface area contributed by atoms with Gasteiger partial charge in [-0.3, -0.25) is 4.79 Å². The molecular formula is C11H15N5O4S2. The van der Waals surface area contributed by atoms with Gasteiger partial charge in [0.2, 0.25) is 10.9 Å². The topological polar surface area (TPSA) is 127 Å². The van der Waals surface area contributed by atoms with E-state index in [9.17, 15) is 14.7 Å². The van der Waals surface area contributed by atoms with Gasteiger partial charge in [-0.25, -0.2) is 4.79 Å². The number of rotatable bonds is 6. The second kappa shape index (κ2) is 5.46. The van der Waals surface area contributed by atoms with Crippen LogP contribution in [-0.2, 0) is 9.59 Å². The minimum Gasteiger partial charge on any atom is -0.480 e. The molecule has 120 valence electrons. The van der Waals surface area contributed by atoms with Crippen LogP contribution in [0.1, 0.15) is 19.8 Å². The summed E-state index contributed by atoms with van der Waals surface area (Å²) in [7, 11) is 0. The number of amides is 1. The van der Waals surface area contributed by atoms with Crippen LogP contribution in [0.5, 0.6) is 0 Å². The van der Waals surface area contributed by atoms with E-state index >= 15 is 0 Å². The second-order valence-corrected chi connectivity index (χ2v) is 8.46. The molecule has 3 atom stereocenters. The van der Waals surface area contributed by atoms with Crippen molar-refractivity contribution in [2.45, 2.75) is 40.9 Å². The van der Waals surface area contributed by atoms with E-state index in [1.165, 1.54) is 28.4 Å². The number of aliphatic carboxylic acids is 1. The van der Waals surface area contributed by atoms with Crippen LogP contribution in [0.4, 0.5) is 0 Å². The van der Waals surface area contributed by atoms with Crippen LogP contribution < -0.4 is 0 Å². The molecule has 3 aliphatic heterocycles.